The first-order chi connectivity index (χ1) is 13.8. The number of benzene rings is 2. The Kier molecular flexibility index (Phi) is 5.53. The Labute approximate surface area is 165 Å². The largest absolute Gasteiger partial charge is 0.371 e. The minimum Gasteiger partial charge on any atom is -0.371 e. The van der Waals surface area contributed by atoms with Crippen LogP contribution >= 0.6 is 0 Å². The summed E-state index contributed by atoms with van der Waals surface area (Å²) in [6, 6.07) is 15.6. The van der Waals surface area contributed by atoms with Crippen LogP contribution in [0, 0.1) is 0 Å². The average Bonchev–Trinajstić information content (AvgIpc) is 2.76. The number of carbonyl (C=O) groups excluding carboxylic acids is 1. The maximum Gasteiger partial charge on any atom is 0.258 e. The smallest absolute Gasteiger partial charge is 0.258 e. The third-order valence-corrected chi connectivity index (χ3v) is 5.33. The van der Waals surface area contributed by atoms with Crippen LogP contribution in [0.5, 0.6) is 0 Å². The fourth-order valence-corrected chi connectivity index (χ4v) is 3.91. The zero-order valence-corrected chi connectivity index (χ0v) is 16.1. The number of piperidine rings is 1. The van der Waals surface area contributed by atoms with Crippen LogP contribution in [0.15, 0.2) is 60.9 Å². The molecule has 0 bridgehead atoms. The molecule has 0 aliphatic carbocycles. The van der Waals surface area contributed by atoms with Gasteiger partial charge in [-0.25, -0.2) is 0 Å². The number of aromatic nitrogens is 1. The number of nitrogens with one attached hydrogen (secondary N) is 1. The van der Waals surface area contributed by atoms with Crippen LogP contribution in [0.25, 0.3) is 10.8 Å². The van der Waals surface area contributed by atoms with E-state index in [1.54, 1.807) is 7.11 Å². The monoisotopic (exact) mass is 375 g/mol. The summed E-state index contributed by atoms with van der Waals surface area (Å²) in [4.78, 5) is 19.6. The zero-order valence-electron chi connectivity index (χ0n) is 16.1. The van der Waals surface area contributed by atoms with Crippen molar-refractivity contribution in [3.63, 3.8) is 0 Å². The van der Waals surface area contributed by atoms with Crippen LogP contribution in [0.4, 0.5) is 11.4 Å². The molecular weight excluding hydrogens is 350 g/mol. The van der Waals surface area contributed by atoms with Gasteiger partial charge in [0.25, 0.3) is 5.91 Å². The van der Waals surface area contributed by atoms with Crippen molar-refractivity contribution in [2.75, 3.05) is 30.4 Å². The number of methoxy groups -OCH3 is 1. The summed E-state index contributed by atoms with van der Waals surface area (Å²) in [5, 5.41) is 5.10. The minimum absolute atomic E-state index is 0.190. The highest BCUT2D eigenvalue weighted by Crippen LogP contribution is 2.33. The molecule has 0 unspecified atom stereocenters. The van der Waals surface area contributed by atoms with Gasteiger partial charge in [0.2, 0.25) is 0 Å². The van der Waals surface area contributed by atoms with E-state index >= 15 is 0 Å². The molecular formula is C23H25N3O2. The Morgan fingerprint density at radius 1 is 1.04 bits per heavy atom. The number of amides is 1. The molecule has 1 fully saturated rings. The van der Waals surface area contributed by atoms with Crippen molar-refractivity contribution in [3.05, 3.63) is 66.5 Å². The van der Waals surface area contributed by atoms with Crippen molar-refractivity contribution < 1.29 is 9.53 Å². The summed E-state index contributed by atoms with van der Waals surface area (Å²) in [6.45, 7) is 2.14. The number of carbonyl (C=O) groups is 1. The molecule has 1 aliphatic heterocycles. The van der Waals surface area contributed by atoms with Crippen LogP contribution in [-0.2, 0) is 9.53 Å². The molecule has 0 spiro atoms. The van der Waals surface area contributed by atoms with Crippen LogP contribution < -0.4 is 10.2 Å². The number of rotatable bonds is 5. The second kappa shape index (κ2) is 8.40. The zero-order chi connectivity index (χ0) is 19.3. The Bertz CT molecular complexity index is 952. The highest BCUT2D eigenvalue weighted by atomic mass is 16.5. The maximum absolute atomic E-state index is 12.9. The average molecular weight is 375 g/mol. The minimum atomic E-state index is -0.658. The molecule has 3 aromatic rings. The van der Waals surface area contributed by atoms with E-state index < -0.39 is 6.10 Å². The lowest BCUT2D eigenvalue weighted by Gasteiger charge is -2.30. The van der Waals surface area contributed by atoms with E-state index in [2.05, 4.69) is 21.3 Å². The van der Waals surface area contributed by atoms with E-state index in [1.165, 1.54) is 24.9 Å². The highest BCUT2D eigenvalue weighted by molar-refractivity contribution is 6.07. The molecule has 0 saturated carbocycles. The molecule has 5 nitrogen and oxygen atoms in total. The maximum atomic E-state index is 12.9. The van der Waals surface area contributed by atoms with Crippen molar-refractivity contribution in [2.24, 2.45) is 0 Å². The quantitative estimate of drug-likeness (QED) is 0.711. The molecule has 1 amide bonds. The Morgan fingerprint density at radius 2 is 1.82 bits per heavy atom. The lowest BCUT2D eigenvalue weighted by Crippen LogP contribution is -2.29. The van der Waals surface area contributed by atoms with Gasteiger partial charge in [0.05, 0.1) is 5.69 Å². The molecule has 1 aliphatic rings. The lowest BCUT2D eigenvalue weighted by molar-refractivity contribution is -0.126. The van der Waals surface area contributed by atoms with Gasteiger partial charge < -0.3 is 15.0 Å². The molecule has 4 rings (SSSR count). The Balaban J connectivity index is 1.65. The first-order valence-electron chi connectivity index (χ1n) is 9.78. The molecule has 0 radical (unpaired) electrons. The van der Waals surface area contributed by atoms with E-state index in [4.69, 9.17) is 4.74 Å². The van der Waals surface area contributed by atoms with E-state index in [0.29, 0.717) is 0 Å². The lowest BCUT2D eigenvalue weighted by atomic mass is 10.0. The van der Waals surface area contributed by atoms with Gasteiger partial charge in [-0.15, -0.1) is 0 Å². The van der Waals surface area contributed by atoms with Gasteiger partial charge in [-0.1, -0.05) is 30.3 Å². The first kappa shape index (κ1) is 18.4. The predicted molar refractivity (Wildman–Crippen MR) is 113 cm³/mol. The van der Waals surface area contributed by atoms with Gasteiger partial charge in [-0.3, -0.25) is 9.78 Å². The van der Waals surface area contributed by atoms with E-state index in [0.717, 1.165) is 35.1 Å². The third-order valence-electron chi connectivity index (χ3n) is 5.33. The number of anilines is 2. The second-order valence-corrected chi connectivity index (χ2v) is 7.12. The fraction of sp³-hybridized carbons (Fsp3) is 0.304. The Hall–Kier alpha value is -2.92. The molecule has 28 heavy (non-hydrogen) atoms. The number of hydrogen-bond acceptors (Lipinski definition) is 4. The number of ether oxygens (including phenoxy) is 1. The SMILES string of the molecule is CO[C@H](C(=O)Nc1ccc(N2CCCCC2)c2ccncc12)c1ccccc1. The Morgan fingerprint density at radius 3 is 2.57 bits per heavy atom. The van der Waals surface area contributed by atoms with Crippen molar-refractivity contribution >= 4 is 28.1 Å². The second-order valence-electron chi connectivity index (χ2n) is 7.12. The predicted octanol–water partition coefficient (Wildman–Crippen LogP) is 4.55. The van der Waals surface area contributed by atoms with E-state index in [-0.39, 0.29) is 5.91 Å². The molecule has 144 valence electrons. The van der Waals surface area contributed by atoms with Crippen LogP contribution in [0.1, 0.15) is 30.9 Å². The fourth-order valence-electron chi connectivity index (χ4n) is 3.91. The van der Waals surface area contributed by atoms with Crippen molar-refractivity contribution in [2.45, 2.75) is 25.4 Å². The molecule has 2 aromatic carbocycles. The summed E-state index contributed by atoms with van der Waals surface area (Å²) < 4.78 is 5.47. The summed E-state index contributed by atoms with van der Waals surface area (Å²) in [5.41, 5.74) is 2.79. The number of fused-ring (bicyclic) bond motifs is 1. The molecule has 5 heteroatoms. The molecule has 1 aromatic heterocycles. The number of pyridine rings is 1. The van der Waals surface area contributed by atoms with Crippen LogP contribution in [0.3, 0.4) is 0 Å². The van der Waals surface area contributed by atoms with Crippen molar-refractivity contribution in [1.29, 1.82) is 0 Å². The van der Waals surface area contributed by atoms with Gasteiger partial charge in [0, 0.05) is 49.1 Å². The first-order valence-corrected chi connectivity index (χ1v) is 9.78. The van der Waals surface area contributed by atoms with Gasteiger partial charge in [-0.2, -0.15) is 0 Å². The normalized spacial score (nSPS) is 15.4. The topological polar surface area (TPSA) is 54.5 Å². The molecule has 1 N–H and O–H groups in total. The van der Waals surface area contributed by atoms with Gasteiger partial charge in [-0.05, 0) is 43.0 Å². The molecule has 2 heterocycles. The van der Waals surface area contributed by atoms with Crippen molar-refractivity contribution in [1.82, 2.24) is 4.98 Å². The standard InChI is InChI=1S/C23H25N3O2/c1-28-22(17-8-4-2-5-9-17)23(27)25-20-10-11-21(26-14-6-3-7-15-26)18-12-13-24-16-19(18)20/h2,4-5,8-13,16,22H,3,6-7,14-15H2,1H3,(H,25,27)/t22-/m0/s1. The number of hydrogen-bond donors (Lipinski definition) is 1. The summed E-state index contributed by atoms with van der Waals surface area (Å²) in [5.74, 6) is -0.190. The van der Waals surface area contributed by atoms with Crippen LogP contribution in [0.2, 0.25) is 0 Å². The summed E-state index contributed by atoms with van der Waals surface area (Å²) in [7, 11) is 1.55. The van der Waals surface area contributed by atoms with E-state index in [9.17, 15) is 4.79 Å². The number of nitrogens with zero attached hydrogens (tertiary/aromatic N) is 2. The van der Waals surface area contributed by atoms with Gasteiger partial charge >= 0.3 is 0 Å². The summed E-state index contributed by atoms with van der Waals surface area (Å²) >= 11 is 0. The highest BCUT2D eigenvalue weighted by Gasteiger charge is 2.21. The summed E-state index contributed by atoms with van der Waals surface area (Å²) in [6.07, 6.45) is 6.71. The molecule has 1 saturated heterocycles. The van der Waals surface area contributed by atoms with Crippen LogP contribution in [-0.4, -0.2) is 31.1 Å². The van der Waals surface area contributed by atoms with Crippen molar-refractivity contribution in [3.8, 4) is 0 Å². The molecule has 1 atom stereocenters. The van der Waals surface area contributed by atoms with Gasteiger partial charge in [0.1, 0.15) is 0 Å². The van der Waals surface area contributed by atoms with Gasteiger partial charge in [0.15, 0.2) is 6.10 Å². The van der Waals surface area contributed by atoms with E-state index in [1.807, 2.05) is 54.9 Å². The third kappa shape index (κ3) is 3.71.